The summed E-state index contributed by atoms with van der Waals surface area (Å²) < 4.78 is 5.29. The predicted molar refractivity (Wildman–Crippen MR) is 120 cm³/mol. The zero-order chi connectivity index (χ0) is 21.3. The molecule has 4 rings (SSSR count). The average Bonchev–Trinajstić information content (AvgIpc) is 3.09. The molecule has 0 spiro atoms. The average molecular weight is 402 g/mol. The highest BCUT2D eigenvalue weighted by Gasteiger charge is 2.23. The van der Waals surface area contributed by atoms with Gasteiger partial charge in [0.05, 0.1) is 17.9 Å². The minimum Gasteiger partial charge on any atom is -0.457 e. The van der Waals surface area contributed by atoms with Gasteiger partial charge in [0.25, 0.3) is 0 Å². The number of carbonyl (C=O) groups is 1. The second kappa shape index (κ2) is 7.82. The van der Waals surface area contributed by atoms with Crippen LogP contribution >= 0.6 is 0 Å². The van der Waals surface area contributed by atoms with E-state index >= 15 is 0 Å². The Balaban J connectivity index is 1.46. The number of aromatic amines is 1. The molecule has 1 N–H and O–H groups in total. The fourth-order valence-electron chi connectivity index (χ4n) is 3.65. The molecule has 1 aliphatic rings. The van der Waals surface area contributed by atoms with Crippen molar-refractivity contribution < 1.29 is 9.53 Å². The molecule has 3 aromatic rings. The van der Waals surface area contributed by atoms with Crippen molar-refractivity contribution in [3.05, 3.63) is 77.3 Å². The van der Waals surface area contributed by atoms with Crippen LogP contribution in [-0.2, 0) is 22.5 Å². The second-order valence-corrected chi connectivity index (χ2v) is 8.67. The molecule has 1 aromatic heterocycles. The van der Waals surface area contributed by atoms with E-state index in [1.165, 1.54) is 17.3 Å². The SMILES string of the molecule is CN1Cc2[nH]c(Cc3ccc(/C=C/C(=O)OC(C)(C)C)cc3)nc2-c2ccccc21. The number of benzene rings is 2. The molecule has 0 bridgehead atoms. The van der Waals surface area contributed by atoms with Crippen molar-refractivity contribution in [3.8, 4) is 11.3 Å². The monoisotopic (exact) mass is 401 g/mol. The zero-order valence-electron chi connectivity index (χ0n) is 17.9. The van der Waals surface area contributed by atoms with Crippen molar-refractivity contribution in [1.82, 2.24) is 9.97 Å². The number of H-pyrrole nitrogens is 1. The van der Waals surface area contributed by atoms with Gasteiger partial charge >= 0.3 is 5.97 Å². The number of hydrogen-bond acceptors (Lipinski definition) is 4. The van der Waals surface area contributed by atoms with Crippen LogP contribution in [0.25, 0.3) is 17.3 Å². The molecule has 30 heavy (non-hydrogen) atoms. The molecular formula is C25H27N3O2. The first-order valence-corrected chi connectivity index (χ1v) is 10.2. The maximum atomic E-state index is 11.8. The summed E-state index contributed by atoms with van der Waals surface area (Å²) in [5, 5.41) is 0. The molecule has 5 heteroatoms. The van der Waals surface area contributed by atoms with Gasteiger partial charge in [0.15, 0.2) is 0 Å². The van der Waals surface area contributed by atoms with E-state index in [1.807, 2.05) is 32.9 Å². The quantitative estimate of drug-likeness (QED) is 0.495. The summed E-state index contributed by atoms with van der Waals surface area (Å²) in [6, 6.07) is 16.5. The molecule has 0 fully saturated rings. The van der Waals surface area contributed by atoms with E-state index < -0.39 is 5.60 Å². The van der Waals surface area contributed by atoms with E-state index in [0.717, 1.165) is 41.3 Å². The normalized spacial score (nSPS) is 13.3. The van der Waals surface area contributed by atoms with Crippen LogP contribution in [0.5, 0.6) is 0 Å². The zero-order valence-corrected chi connectivity index (χ0v) is 17.9. The number of hydrogen-bond donors (Lipinski definition) is 1. The van der Waals surface area contributed by atoms with Crippen molar-refractivity contribution in [3.63, 3.8) is 0 Å². The van der Waals surface area contributed by atoms with Crippen LogP contribution in [0.15, 0.2) is 54.6 Å². The van der Waals surface area contributed by atoms with Gasteiger partial charge in [-0.2, -0.15) is 0 Å². The molecule has 2 aromatic carbocycles. The molecule has 1 aliphatic heterocycles. The van der Waals surface area contributed by atoms with Gasteiger partial charge in [0.2, 0.25) is 0 Å². The molecular weight excluding hydrogens is 374 g/mol. The highest BCUT2D eigenvalue weighted by molar-refractivity contribution is 5.87. The Morgan fingerprint density at radius 3 is 2.63 bits per heavy atom. The maximum Gasteiger partial charge on any atom is 0.331 e. The van der Waals surface area contributed by atoms with Crippen molar-refractivity contribution in [1.29, 1.82) is 0 Å². The van der Waals surface area contributed by atoms with Gasteiger partial charge in [-0.3, -0.25) is 0 Å². The van der Waals surface area contributed by atoms with E-state index in [1.54, 1.807) is 6.08 Å². The summed E-state index contributed by atoms with van der Waals surface area (Å²) >= 11 is 0. The minimum atomic E-state index is -0.483. The fraction of sp³-hybridized carbons (Fsp3) is 0.280. The van der Waals surface area contributed by atoms with Crippen LogP contribution < -0.4 is 4.90 Å². The van der Waals surface area contributed by atoms with Crippen LogP contribution in [0.3, 0.4) is 0 Å². The smallest absolute Gasteiger partial charge is 0.331 e. The Morgan fingerprint density at radius 1 is 1.17 bits per heavy atom. The van der Waals surface area contributed by atoms with Gasteiger partial charge in [0, 0.05) is 30.8 Å². The van der Waals surface area contributed by atoms with Crippen molar-refractivity contribution in [2.24, 2.45) is 0 Å². The topological polar surface area (TPSA) is 58.2 Å². The molecule has 2 heterocycles. The van der Waals surface area contributed by atoms with Crippen molar-refractivity contribution in [2.75, 3.05) is 11.9 Å². The van der Waals surface area contributed by atoms with Crippen LogP contribution in [0.1, 0.15) is 43.4 Å². The van der Waals surface area contributed by atoms with Gasteiger partial charge in [-0.25, -0.2) is 9.78 Å². The number of carbonyl (C=O) groups excluding carboxylic acids is 1. The number of imidazole rings is 1. The Kier molecular flexibility index (Phi) is 5.20. The first-order chi connectivity index (χ1) is 14.3. The highest BCUT2D eigenvalue weighted by atomic mass is 16.6. The first-order valence-electron chi connectivity index (χ1n) is 10.2. The van der Waals surface area contributed by atoms with Crippen LogP contribution in [0.4, 0.5) is 5.69 Å². The summed E-state index contributed by atoms with van der Waals surface area (Å²) in [5.41, 5.74) is 6.23. The second-order valence-electron chi connectivity index (χ2n) is 8.67. The number of fused-ring (bicyclic) bond motifs is 3. The molecule has 154 valence electrons. The van der Waals surface area contributed by atoms with Gasteiger partial charge in [-0.1, -0.05) is 42.5 Å². The Hall–Kier alpha value is -3.34. The number of nitrogens with zero attached hydrogens (tertiary/aromatic N) is 2. The summed E-state index contributed by atoms with van der Waals surface area (Å²) in [6.45, 7) is 6.40. The predicted octanol–water partition coefficient (Wildman–Crippen LogP) is 4.97. The molecule has 0 amide bonds. The lowest BCUT2D eigenvalue weighted by Crippen LogP contribution is -2.22. The van der Waals surface area contributed by atoms with Crippen molar-refractivity contribution in [2.45, 2.75) is 39.3 Å². The third-order valence-corrected chi connectivity index (χ3v) is 4.96. The number of rotatable bonds is 4. The lowest BCUT2D eigenvalue weighted by Gasteiger charge is -2.26. The number of anilines is 1. The molecule has 0 atom stereocenters. The maximum absolute atomic E-state index is 11.8. The Labute approximate surface area is 177 Å². The number of ether oxygens (including phenoxy) is 1. The third kappa shape index (κ3) is 4.46. The molecule has 0 radical (unpaired) electrons. The van der Waals surface area contributed by atoms with E-state index in [-0.39, 0.29) is 5.97 Å². The van der Waals surface area contributed by atoms with Crippen LogP contribution in [0.2, 0.25) is 0 Å². The lowest BCUT2D eigenvalue weighted by molar-refractivity contribution is -0.148. The molecule has 0 aliphatic carbocycles. The molecule has 0 unspecified atom stereocenters. The van der Waals surface area contributed by atoms with Gasteiger partial charge in [-0.15, -0.1) is 0 Å². The van der Waals surface area contributed by atoms with Crippen molar-refractivity contribution >= 4 is 17.7 Å². The third-order valence-electron chi connectivity index (χ3n) is 4.96. The Morgan fingerprint density at radius 2 is 1.90 bits per heavy atom. The lowest BCUT2D eigenvalue weighted by atomic mass is 10.0. The van der Waals surface area contributed by atoms with E-state index in [4.69, 9.17) is 9.72 Å². The summed E-state index contributed by atoms with van der Waals surface area (Å²) in [4.78, 5) is 22.4. The standard InChI is InChI=1S/C25H27N3O2/c1-25(2,3)30-23(29)14-13-17-9-11-18(12-10-17)15-22-26-20-16-28(4)21-8-6-5-7-19(21)24(20)27-22/h5-14H,15-16H2,1-4H3,(H,26,27)/b14-13+. The van der Waals surface area contributed by atoms with Gasteiger partial charge in [-0.05, 0) is 44.0 Å². The van der Waals surface area contributed by atoms with E-state index in [9.17, 15) is 4.79 Å². The van der Waals surface area contributed by atoms with Crippen LogP contribution in [0, 0.1) is 0 Å². The number of aromatic nitrogens is 2. The van der Waals surface area contributed by atoms with Gasteiger partial charge < -0.3 is 14.6 Å². The van der Waals surface area contributed by atoms with E-state index in [2.05, 4.69) is 53.3 Å². The summed E-state index contributed by atoms with van der Waals surface area (Å²) in [6.07, 6.45) is 3.97. The summed E-state index contributed by atoms with van der Waals surface area (Å²) in [7, 11) is 2.10. The van der Waals surface area contributed by atoms with Crippen LogP contribution in [-0.4, -0.2) is 28.6 Å². The minimum absolute atomic E-state index is 0.335. The summed E-state index contributed by atoms with van der Waals surface area (Å²) in [5.74, 6) is 0.625. The van der Waals surface area contributed by atoms with E-state index in [0.29, 0.717) is 0 Å². The number of para-hydroxylation sites is 1. The first kappa shape index (κ1) is 20.0. The fourth-order valence-corrected chi connectivity index (χ4v) is 3.65. The largest absolute Gasteiger partial charge is 0.457 e. The number of esters is 1. The highest BCUT2D eigenvalue weighted by Crippen LogP contribution is 2.36. The Bertz CT molecular complexity index is 1090. The number of nitrogens with one attached hydrogen (secondary N) is 1. The van der Waals surface area contributed by atoms with Gasteiger partial charge in [0.1, 0.15) is 11.4 Å². The molecule has 5 nitrogen and oxygen atoms in total. The molecule has 0 saturated heterocycles. The molecule has 0 saturated carbocycles.